The summed E-state index contributed by atoms with van der Waals surface area (Å²) in [6, 6.07) is 8.02. The number of nitrogens with one attached hydrogen (secondary N) is 1. The average Bonchev–Trinajstić information content (AvgIpc) is 2.90. The molecule has 0 saturated heterocycles. The Morgan fingerprint density at radius 2 is 2.23 bits per heavy atom. The second kappa shape index (κ2) is 5.10. The molecule has 0 aliphatic heterocycles. The lowest BCUT2D eigenvalue weighted by Gasteiger charge is -1.97. The van der Waals surface area contributed by atoms with Crippen molar-refractivity contribution < 1.29 is 9.18 Å². The molecule has 0 unspecified atom stereocenters. The van der Waals surface area contributed by atoms with E-state index in [0.717, 1.165) is 26.4 Å². The third kappa shape index (κ3) is 2.50. The number of amides is 1. The minimum Gasteiger partial charge on any atom is -0.302 e. The number of hydrogen-bond donors (Lipinski definition) is 1. The number of aromatic nitrogens is 2. The van der Waals surface area contributed by atoms with Crippen molar-refractivity contribution in [2.75, 3.05) is 5.32 Å². The number of halogens is 1. The standard InChI is InChI=1S/C15H12FN3OS2/c1-7-4-12(22-19-7)8-2-3-11-13(5-8)21-15(17-11)18-14(20)9-6-10(9)16/h2-5,9-10H,6H2,1H3,(H,17,18,20)/t9-,10+/m1/s1. The minimum absolute atomic E-state index is 0.273. The van der Waals surface area contributed by atoms with Gasteiger partial charge in [0, 0.05) is 0 Å². The Morgan fingerprint density at radius 1 is 1.41 bits per heavy atom. The Bertz CT molecular complexity index is 873. The monoisotopic (exact) mass is 333 g/mol. The van der Waals surface area contributed by atoms with Crippen LogP contribution in [0.5, 0.6) is 0 Å². The molecule has 0 radical (unpaired) electrons. The van der Waals surface area contributed by atoms with Gasteiger partial charge in [-0.3, -0.25) is 4.79 Å². The molecule has 0 bridgehead atoms. The molecule has 1 amide bonds. The molecule has 1 N–H and O–H groups in total. The van der Waals surface area contributed by atoms with Crippen molar-refractivity contribution >= 4 is 44.1 Å². The first-order valence-corrected chi connectivity index (χ1v) is 8.48. The Kier molecular flexibility index (Phi) is 3.19. The van der Waals surface area contributed by atoms with E-state index in [9.17, 15) is 9.18 Å². The van der Waals surface area contributed by atoms with Gasteiger partial charge in [0.1, 0.15) is 6.17 Å². The van der Waals surface area contributed by atoms with E-state index < -0.39 is 12.1 Å². The van der Waals surface area contributed by atoms with Gasteiger partial charge in [0.25, 0.3) is 0 Å². The Hall–Kier alpha value is -1.86. The highest BCUT2D eigenvalue weighted by atomic mass is 32.1. The fourth-order valence-electron chi connectivity index (χ4n) is 2.26. The van der Waals surface area contributed by atoms with Crippen LogP contribution in [-0.2, 0) is 4.79 Å². The zero-order valence-electron chi connectivity index (χ0n) is 11.7. The fraction of sp³-hybridized carbons (Fsp3) is 0.267. The van der Waals surface area contributed by atoms with Gasteiger partial charge in [-0.2, -0.15) is 4.37 Å². The maximum absolute atomic E-state index is 12.9. The van der Waals surface area contributed by atoms with Crippen LogP contribution in [0.15, 0.2) is 24.3 Å². The van der Waals surface area contributed by atoms with Gasteiger partial charge in [-0.25, -0.2) is 9.37 Å². The summed E-state index contributed by atoms with van der Waals surface area (Å²) in [7, 11) is 0. The number of fused-ring (bicyclic) bond motifs is 1. The van der Waals surface area contributed by atoms with E-state index in [0.29, 0.717) is 11.6 Å². The fourth-order valence-corrected chi connectivity index (χ4v) is 3.92. The lowest BCUT2D eigenvalue weighted by molar-refractivity contribution is -0.117. The summed E-state index contributed by atoms with van der Waals surface area (Å²) in [5.41, 5.74) is 2.92. The molecule has 1 aliphatic carbocycles. The van der Waals surface area contributed by atoms with Crippen molar-refractivity contribution in [3.63, 3.8) is 0 Å². The van der Waals surface area contributed by atoms with Gasteiger partial charge >= 0.3 is 0 Å². The molecule has 3 aromatic rings. The van der Waals surface area contributed by atoms with Crippen LogP contribution in [0.4, 0.5) is 9.52 Å². The molecular formula is C15H12FN3OS2. The van der Waals surface area contributed by atoms with Crippen molar-refractivity contribution in [3.05, 3.63) is 30.0 Å². The highest BCUT2D eigenvalue weighted by molar-refractivity contribution is 7.22. The summed E-state index contributed by atoms with van der Waals surface area (Å²) >= 11 is 2.87. The van der Waals surface area contributed by atoms with Crippen LogP contribution in [0.3, 0.4) is 0 Å². The number of thiazole rings is 1. The number of rotatable bonds is 3. The van der Waals surface area contributed by atoms with Gasteiger partial charge in [0.2, 0.25) is 5.91 Å². The SMILES string of the molecule is Cc1cc(-c2ccc3nc(NC(=O)[C@@H]4C[C@@H]4F)sc3c2)sn1. The first-order valence-electron chi connectivity index (χ1n) is 6.89. The maximum atomic E-state index is 12.9. The van der Waals surface area contributed by atoms with E-state index in [1.165, 1.54) is 22.9 Å². The molecule has 1 aromatic carbocycles. The molecule has 1 saturated carbocycles. The Labute approximate surface area is 134 Å². The summed E-state index contributed by atoms with van der Waals surface area (Å²) in [6.45, 7) is 1.97. The highest BCUT2D eigenvalue weighted by Gasteiger charge is 2.43. The molecule has 0 spiro atoms. The van der Waals surface area contributed by atoms with Crippen LogP contribution in [0.2, 0.25) is 0 Å². The van der Waals surface area contributed by atoms with Crippen molar-refractivity contribution in [2.45, 2.75) is 19.5 Å². The summed E-state index contributed by atoms with van der Waals surface area (Å²) in [5, 5.41) is 3.23. The first kappa shape index (κ1) is 13.8. The quantitative estimate of drug-likeness (QED) is 0.787. The number of hydrogen-bond acceptors (Lipinski definition) is 5. The first-order chi connectivity index (χ1) is 10.6. The van der Waals surface area contributed by atoms with Gasteiger partial charge in [-0.15, -0.1) is 0 Å². The number of anilines is 1. The number of carbonyl (C=O) groups is 1. The van der Waals surface area contributed by atoms with E-state index in [1.807, 2.05) is 31.2 Å². The summed E-state index contributed by atoms with van der Waals surface area (Å²) in [6.07, 6.45) is -0.665. The lowest BCUT2D eigenvalue weighted by atomic mass is 10.2. The summed E-state index contributed by atoms with van der Waals surface area (Å²) in [4.78, 5) is 17.2. The van der Waals surface area contributed by atoms with Crippen LogP contribution < -0.4 is 5.32 Å². The van der Waals surface area contributed by atoms with Crippen LogP contribution in [0.1, 0.15) is 12.1 Å². The largest absolute Gasteiger partial charge is 0.302 e. The van der Waals surface area contributed by atoms with Gasteiger partial charge in [-0.05, 0) is 48.6 Å². The molecular weight excluding hydrogens is 321 g/mol. The second-order valence-electron chi connectivity index (χ2n) is 5.38. The smallest absolute Gasteiger partial charge is 0.232 e. The predicted octanol–water partition coefficient (Wildman–Crippen LogP) is 4.02. The van der Waals surface area contributed by atoms with Gasteiger partial charge < -0.3 is 5.32 Å². The Morgan fingerprint density at radius 3 is 2.91 bits per heavy atom. The van der Waals surface area contributed by atoms with Gasteiger partial charge in [0.15, 0.2) is 5.13 Å². The van der Waals surface area contributed by atoms with Gasteiger partial charge in [0.05, 0.1) is 26.7 Å². The van der Waals surface area contributed by atoms with Crippen molar-refractivity contribution in [3.8, 4) is 10.4 Å². The molecule has 1 aliphatic rings. The number of carbonyl (C=O) groups excluding carboxylic acids is 1. The third-order valence-electron chi connectivity index (χ3n) is 3.58. The molecule has 2 heterocycles. The van der Waals surface area contributed by atoms with Crippen LogP contribution in [-0.4, -0.2) is 21.4 Å². The highest BCUT2D eigenvalue weighted by Crippen LogP contribution is 2.36. The maximum Gasteiger partial charge on any atom is 0.232 e. The topological polar surface area (TPSA) is 54.9 Å². The van der Waals surface area contributed by atoms with E-state index in [-0.39, 0.29) is 5.91 Å². The van der Waals surface area contributed by atoms with E-state index >= 15 is 0 Å². The van der Waals surface area contributed by atoms with E-state index in [1.54, 1.807) is 0 Å². The minimum atomic E-state index is -0.990. The summed E-state index contributed by atoms with van der Waals surface area (Å²) in [5.74, 6) is -0.771. The second-order valence-corrected chi connectivity index (χ2v) is 7.22. The molecule has 1 fully saturated rings. The van der Waals surface area contributed by atoms with E-state index in [2.05, 4.69) is 14.7 Å². The number of aryl methyl sites for hydroxylation is 1. The number of benzene rings is 1. The van der Waals surface area contributed by atoms with Crippen LogP contribution >= 0.6 is 22.9 Å². The zero-order chi connectivity index (χ0) is 15.3. The molecule has 4 rings (SSSR count). The summed E-state index contributed by atoms with van der Waals surface area (Å²) < 4.78 is 18.2. The van der Waals surface area contributed by atoms with Crippen molar-refractivity contribution in [2.24, 2.45) is 5.92 Å². The van der Waals surface area contributed by atoms with Crippen LogP contribution in [0.25, 0.3) is 20.7 Å². The molecule has 7 heteroatoms. The normalized spacial score (nSPS) is 20.3. The number of alkyl halides is 1. The van der Waals surface area contributed by atoms with Crippen molar-refractivity contribution in [1.29, 1.82) is 0 Å². The average molecular weight is 333 g/mol. The molecule has 4 nitrogen and oxygen atoms in total. The molecule has 2 atom stereocenters. The number of nitrogens with zero attached hydrogens (tertiary/aromatic N) is 2. The zero-order valence-corrected chi connectivity index (χ0v) is 13.3. The third-order valence-corrected chi connectivity index (χ3v) is 5.44. The van der Waals surface area contributed by atoms with E-state index in [4.69, 9.17) is 0 Å². The van der Waals surface area contributed by atoms with Crippen molar-refractivity contribution in [1.82, 2.24) is 9.36 Å². The molecule has 2 aromatic heterocycles. The molecule has 22 heavy (non-hydrogen) atoms. The predicted molar refractivity (Wildman–Crippen MR) is 87.1 cm³/mol. The Balaban J connectivity index is 1.62. The lowest BCUT2D eigenvalue weighted by Crippen LogP contribution is -2.14. The van der Waals surface area contributed by atoms with Crippen LogP contribution in [0, 0.1) is 12.8 Å². The molecule has 112 valence electrons. The van der Waals surface area contributed by atoms with Gasteiger partial charge in [-0.1, -0.05) is 17.4 Å².